The van der Waals surface area contributed by atoms with Crippen LogP contribution in [0.2, 0.25) is 0 Å². The van der Waals surface area contributed by atoms with Crippen molar-refractivity contribution in [3.05, 3.63) is 35.9 Å². The molecule has 3 heteroatoms. The van der Waals surface area contributed by atoms with E-state index in [9.17, 15) is 0 Å². The number of halogens is 1. The van der Waals surface area contributed by atoms with Gasteiger partial charge in [0.1, 0.15) is 0 Å². The normalized spacial score (nSPS) is 22.9. The van der Waals surface area contributed by atoms with Gasteiger partial charge in [-0.1, -0.05) is 31.5 Å². The van der Waals surface area contributed by atoms with E-state index in [1.54, 1.807) is 0 Å². The van der Waals surface area contributed by atoms with Crippen LogP contribution in [0.15, 0.2) is 30.3 Å². The minimum atomic E-state index is 0. The molecule has 0 spiro atoms. The third-order valence-electron chi connectivity index (χ3n) is 3.67. The van der Waals surface area contributed by atoms with Crippen LogP contribution < -0.4 is 11.1 Å². The Morgan fingerprint density at radius 1 is 1.24 bits per heavy atom. The Hall–Kier alpha value is -0.550. The van der Waals surface area contributed by atoms with Gasteiger partial charge in [0.2, 0.25) is 0 Å². The predicted octanol–water partition coefficient (Wildman–Crippen LogP) is 4.24. The second-order valence-corrected chi connectivity index (χ2v) is 4.73. The largest absolute Gasteiger partial charge is 0.358 e. The molecule has 1 aromatic rings. The van der Waals surface area contributed by atoms with Crippen molar-refractivity contribution < 1.29 is 0 Å². The zero-order valence-corrected chi connectivity index (χ0v) is 12.9. The fraction of sp³-hybridized carbons (Fsp3) is 0.429. The smallest absolute Gasteiger partial charge is 0.0820 e. The Kier molecular flexibility index (Phi) is 4.25. The van der Waals surface area contributed by atoms with E-state index < -0.39 is 0 Å². The molecule has 0 radical (unpaired) electrons. The maximum absolute atomic E-state index is 2.56. The molecule has 3 rings (SSSR count). The van der Waals surface area contributed by atoms with E-state index in [1.165, 1.54) is 36.2 Å². The zero-order valence-electron chi connectivity index (χ0n) is 10.6. The maximum atomic E-state index is 2.56. The minimum absolute atomic E-state index is 0. The van der Waals surface area contributed by atoms with E-state index in [4.69, 9.17) is 0 Å². The Morgan fingerprint density at radius 2 is 1.94 bits per heavy atom. The number of benzene rings is 1. The number of hydrogen-bond donors (Lipinski definition) is 1. The summed E-state index contributed by atoms with van der Waals surface area (Å²) in [6, 6.07) is 8.79. The second-order valence-electron chi connectivity index (χ2n) is 4.73. The average Bonchev–Trinajstić information content (AvgIpc) is 2.87. The Bertz CT molecular complexity index is 442. The molecular weight excluding hydrogens is 323 g/mol. The van der Waals surface area contributed by atoms with E-state index in [0.29, 0.717) is 0 Å². The summed E-state index contributed by atoms with van der Waals surface area (Å²) in [4.78, 5) is 2.56. The van der Waals surface area contributed by atoms with Gasteiger partial charge in [0.15, 0.2) is 0 Å². The van der Waals surface area contributed by atoms with Crippen molar-refractivity contribution in [1.29, 1.82) is 0 Å². The van der Waals surface area contributed by atoms with Crippen LogP contribution in [0.1, 0.15) is 32.3 Å². The zero-order chi connectivity index (χ0) is 10.5. The molecule has 0 amide bonds. The molecule has 0 saturated carbocycles. The van der Waals surface area contributed by atoms with Gasteiger partial charge in [-0.15, -0.1) is 24.0 Å². The lowest BCUT2D eigenvalue weighted by molar-refractivity contribution is 0.659. The molecular formula is C14H21IN2. The molecule has 1 aliphatic heterocycles. The maximum Gasteiger partial charge on any atom is 0.0820 e. The number of para-hydroxylation sites is 1. The molecule has 1 unspecified atom stereocenters. The third-order valence-corrected chi connectivity index (χ3v) is 3.67. The first-order valence-electron chi connectivity index (χ1n) is 5.88. The van der Waals surface area contributed by atoms with Crippen LogP contribution in [0, 0.1) is 0 Å². The van der Waals surface area contributed by atoms with Crippen LogP contribution >= 0.6 is 24.0 Å². The summed E-state index contributed by atoms with van der Waals surface area (Å²) in [7, 11) is 0. The van der Waals surface area contributed by atoms with Crippen LogP contribution in [-0.2, 0) is 0 Å². The third kappa shape index (κ3) is 1.99. The molecule has 94 valence electrons. The lowest BCUT2D eigenvalue weighted by Crippen LogP contribution is -2.34. The Balaban J connectivity index is 0.000000722. The summed E-state index contributed by atoms with van der Waals surface area (Å²) in [5.41, 5.74) is 4.69. The first-order valence-corrected chi connectivity index (χ1v) is 5.88. The Morgan fingerprint density at radius 3 is 2.65 bits per heavy atom. The van der Waals surface area contributed by atoms with E-state index >= 15 is 0 Å². The number of anilines is 1. The van der Waals surface area contributed by atoms with Gasteiger partial charge < -0.3 is 11.1 Å². The summed E-state index contributed by atoms with van der Waals surface area (Å²) in [5, 5.41) is 0. The number of nitrogens with zero attached hydrogens (tertiary/aromatic N) is 1. The van der Waals surface area contributed by atoms with Gasteiger partial charge in [0, 0.05) is 17.8 Å². The second kappa shape index (κ2) is 4.98. The molecule has 2 nitrogen and oxygen atoms in total. The average molecular weight is 344 g/mol. The highest BCUT2D eigenvalue weighted by molar-refractivity contribution is 14.0. The lowest BCUT2D eigenvalue weighted by Gasteiger charge is -2.28. The molecule has 0 bridgehead atoms. The fourth-order valence-electron chi connectivity index (χ4n) is 2.67. The fourth-order valence-corrected chi connectivity index (χ4v) is 2.67. The van der Waals surface area contributed by atoms with Gasteiger partial charge in [0.25, 0.3) is 0 Å². The van der Waals surface area contributed by atoms with Crippen molar-refractivity contribution in [2.24, 2.45) is 0 Å². The standard InChI is InChI=1S/C14H17N.HI.H3N/c1-3-4-9-15-13-8-6-5-7-11(13)12-10-14(12,15)2;;/h5-8,10H,3-4,9H2,1-2H3;1H;1H3. The van der Waals surface area contributed by atoms with Gasteiger partial charge in [0.05, 0.1) is 5.54 Å². The van der Waals surface area contributed by atoms with E-state index in [1.807, 2.05) is 0 Å². The molecule has 2 aliphatic rings. The van der Waals surface area contributed by atoms with Gasteiger partial charge in [-0.05, 0) is 31.1 Å². The predicted molar refractivity (Wildman–Crippen MR) is 85.5 cm³/mol. The highest BCUT2D eigenvalue weighted by Crippen LogP contribution is 2.57. The summed E-state index contributed by atoms with van der Waals surface area (Å²) in [6.07, 6.45) is 4.94. The van der Waals surface area contributed by atoms with Crippen LogP contribution in [-0.4, -0.2) is 12.1 Å². The topological polar surface area (TPSA) is 38.2 Å². The molecule has 0 aromatic heterocycles. The van der Waals surface area contributed by atoms with E-state index in [-0.39, 0.29) is 35.7 Å². The SMILES string of the molecule is CCCCN1c2ccccc2C2=CC21C.I.N. The number of fused-ring (bicyclic) bond motifs is 3. The molecule has 1 atom stereocenters. The highest BCUT2D eigenvalue weighted by atomic mass is 127. The molecule has 17 heavy (non-hydrogen) atoms. The van der Waals surface area contributed by atoms with Crippen LogP contribution in [0.3, 0.4) is 0 Å². The summed E-state index contributed by atoms with van der Waals surface area (Å²) >= 11 is 0. The Labute approximate surface area is 121 Å². The molecule has 3 N–H and O–H groups in total. The van der Waals surface area contributed by atoms with Crippen molar-refractivity contribution in [2.75, 3.05) is 11.4 Å². The monoisotopic (exact) mass is 344 g/mol. The number of hydrogen-bond acceptors (Lipinski definition) is 2. The molecule has 1 aliphatic carbocycles. The first kappa shape index (κ1) is 14.5. The van der Waals surface area contributed by atoms with Crippen molar-refractivity contribution in [3.8, 4) is 0 Å². The highest BCUT2D eigenvalue weighted by Gasteiger charge is 2.51. The van der Waals surface area contributed by atoms with E-state index in [0.717, 1.165) is 0 Å². The van der Waals surface area contributed by atoms with Crippen LogP contribution in [0.5, 0.6) is 0 Å². The van der Waals surface area contributed by atoms with Crippen molar-refractivity contribution in [3.63, 3.8) is 0 Å². The molecule has 1 heterocycles. The van der Waals surface area contributed by atoms with E-state index in [2.05, 4.69) is 49.1 Å². The summed E-state index contributed by atoms with van der Waals surface area (Å²) < 4.78 is 0. The molecule has 0 saturated heterocycles. The van der Waals surface area contributed by atoms with Gasteiger partial charge in [-0.25, -0.2) is 0 Å². The van der Waals surface area contributed by atoms with Gasteiger partial charge in [-0.2, -0.15) is 0 Å². The quantitative estimate of drug-likeness (QED) is 0.833. The van der Waals surface area contributed by atoms with Crippen LogP contribution in [0.25, 0.3) is 5.57 Å². The number of unbranched alkanes of at least 4 members (excludes halogenated alkanes) is 1. The van der Waals surface area contributed by atoms with Crippen molar-refractivity contribution in [2.45, 2.75) is 32.2 Å². The minimum Gasteiger partial charge on any atom is -0.358 e. The lowest BCUT2D eigenvalue weighted by atomic mass is 10.1. The molecule has 1 aromatic carbocycles. The van der Waals surface area contributed by atoms with Crippen molar-refractivity contribution >= 4 is 35.2 Å². The van der Waals surface area contributed by atoms with Crippen molar-refractivity contribution in [1.82, 2.24) is 6.15 Å². The molecule has 0 fully saturated rings. The van der Waals surface area contributed by atoms with Gasteiger partial charge in [-0.3, -0.25) is 0 Å². The van der Waals surface area contributed by atoms with Crippen LogP contribution in [0.4, 0.5) is 5.69 Å². The summed E-state index contributed by atoms with van der Waals surface area (Å²) in [6.45, 7) is 5.77. The van der Waals surface area contributed by atoms with Gasteiger partial charge >= 0.3 is 0 Å². The number of rotatable bonds is 3. The first-order chi connectivity index (χ1) is 7.27. The summed E-state index contributed by atoms with van der Waals surface area (Å²) in [5.74, 6) is 0.